The van der Waals surface area contributed by atoms with Crippen molar-refractivity contribution in [2.24, 2.45) is 28.0 Å². The highest BCUT2D eigenvalue weighted by Gasteiger charge is 2.68. The van der Waals surface area contributed by atoms with E-state index < -0.39 is 11.0 Å². The minimum atomic E-state index is -0.727. The van der Waals surface area contributed by atoms with Crippen LogP contribution in [0.3, 0.4) is 0 Å². The molecule has 0 saturated heterocycles. The van der Waals surface area contributed by atoms with E-state index in [1.807, 2.05) is 56.3 Å². The minimum absolute atomic E-state index is 0.114. The molecule has 2 aromatic carbocycles. The Hall–Kier alpha value is -3.26. The highest BCUT2D eigenvalue weighted by molar-refractivity contribution is 6.20. The summed E-state index contributed by atoms with van der Waals surface area (Å²) < 4.78 is 0. The highest BCUT2D eigenvalue weighted by atomic mass is 16.1. The Kier molecular flexibility index (Phi) is 4.60. The Labute approximate surface area is 188 Å². The van der Waals surface area contributed by atoms with Crippen LogP contribution in [0.1, 0.15) is 72.5 Å². The van der Waals surface area contributed by atoms with E-state index in [1.54, 1.807) is 6.07 Å². The number of rotatable bonds is 5. The number of nitriles is 1. The van der Waals surface area contributed by atoms with Gasteiger partial charge in [0.2, 0.25) is 0 Å². The fraction of sp³-hybridized carbons (Fsp3) is 0.407. The molecule has 4 atom stereocenters. The van der Waals surface area contributed by atoms with Gasteiger partial charge in [-0.2, -0.15) is 5.26 Å². The third-order valence-corrected chi connectivity index (χ3v) is 7.88. The number of nitrogens with two attached hydrogens (primary N) is 1. The van der Waals surface area contributed by atoms with Crippen LogP contribution in [-0.2, 0) is 10.3 Å². The first-order valence-corrected chi connectivity index (χ1v) is 11.4. The summed E-state index contributed by atoms with van der Waals surface area (Å²) in [5.41, 5.74) is 8.46. The molecular weight excluding hydrogens is 398 g/mol. The van der Waals surface area contributed by atoms with Gasteiger partial charge >= 0.3 is 0 Å². The monoisotopic (exact) mass is 425 g/mol. The van der Waals surface area contributed by atoms with Crippen molar-refractivity contribution in [1.29, 1.82) is 5.26 Å². The van der Waals surface area contributed by atoms with Crippen molar-refractivity contribution >= 4 is 17.4 Å². The molecule has 32 heavy (non-hydrogen) atoms. The SMILES string of the molecule is CCC12C[C@H](c3ccc(C(=O)C4CC4)cc3)[C@@](C)(c3cccc(C#N)c3)N=C(N)C1C2=O. The van der Waals surface area contributed by atoms with Gasteiger partial charge in [-0.25, -0.2) is 0 Å². The number of carbonyl (C=O) groups excluding carboxylic acids is 2. The predicted octanol–water partition coefficient (Wildman–Crippen LogP) is 4.51. The minimum Gasteiger partial charge on any atom is -0.387 e. The van der Waals surface area contributed by atoms with Crippen LogP contribution in [0.15, 0.2) is 53.5 Å². The number of ketones is 2. The van der Waals surface area contributed by atoms with Crippen LogP contribution in [0.2, 0.25) is 0 Å². The van der Waals surface area contributed by atoms with Gasteiger partial charge < -0.3 is 5.73 Å². The van der Waals surface area contributed by atoms with E-state index in [2.05, 4.69) is 6.07 Å². The molecule has 0 aromatic heterocycles. The summed E-state index contributed by atoms with van der Waals surface area (Å²) in [6.07, 6.45) is 3.32. The van der Waals surface area contributed by atoms with Crippen LogP contribution in [0.5, 0.6) is 0 Å². The van der Waals surface area contributed by atoms with Crippen LogP contribution >= 0.6 is 0 Å². The molecule has 0 bridgehead atoms. The number of amidine groups is 1. The maximum absolute atomic E-state index is 12.8. The quantitative estimate of drug-likeness (QED) is 0.713. The van der Waals surface area contributed by atoms with E-state index in [0.29, 0.717) is 17.8 Å². The topological polar surface area (TPSA) is 96.3 Å². The molecule has 2 aliphatic carbocycles. The Morgan fingerprint density at radius 3 is 2.56 bits per heavy atom. The molecule has 0 radical (unpaired) electrons. The summed E-state index contributed by atoms with van der Waals surface area (Å²) in [6, 6.07) is 17.5. The zero-order chi connectivity index (χ0) is 22.7. The molecule has 2 saturated carbocycles. The molecule has 2 fully saturated rings. The molecular formula is C27H27N3O2. The number of aliphatic imine (C=N–C) groups is 1. The van der Waals surface area contributed by atoms with Gasteiger partial charge in [0.05, 0.1) is 23.1 Å². The molecule has 3 aliphatic rings. The van der Waals surface area contributed by atoms with Crippen LogP contribution in [0, 0.1) is 28.6 Å². The Balaban J connectivity index is 1.63. The highest BCUT2D eigenvalue weighted by Crippen LogP contribution is 2.62. The van der Waals surface area contributed by atoms with E-state index in [9.17, 15) is 14.9 Å². The Morgan fingerprint density at radius 1 is 1.22 bits per heavy atom. The molecule has 0 amide bonds. The lowest BCUT2D eigenvalue weighted by molar-refractivity contribution is -0.113. The summed E-state index contributed by atoms with van der Waals surface area (Å²) in [6.45, 7) is 4.08. The first kappa shape index (κ1) is 20.6. The van der Waals surface area contributed by atoms with Gasteiger partial charge in [0.15, 0.2) is 11.6 Å². The number of benzene rings is 2. The molecule has 1 aliphatic heterocycles. The van der Waals surface area contributed by atoms with Crippen LogP contribution in [-0.4, -0.2) is 17.4 Å². The molecule has 5 heteroatoms. The smallest absolute Gasteiger partial charge is 0.165 e. The Bertz CT molecular complexity index is 1190. The maximum Gasteiger partial charge on any atom is 0.165 e. The van der Waals surface area contributed by atoms with E-state index in [0.717, 1.165) is 36.0 Å². The van der Waals surface area contributed by atoms with Crippen molar-refractivity contribution in [2.75, 3.05) is 0 Å². The van der Waals surface area contributed by atoms with Gasteiger partial charge in [0.25, 0.3) is 0 Å². The van der Waals surface area contributed by atoms with Gasteiger partial charge in [-0.1, -0.05) is 43.3 Å². The van der Waals surface area contributed by atoms with Gasteiger partial charge in [-0.15, -0.1) is 0 Å². The molecule has 1 heterocycles. The number of carbonyl (C=O) groups is 2. The molecule has 2 unspecified atom stereocenters. The summed E-state index contributed by atoms with van der Waals surface area (Å²) in [7, 11) is 0. The molecule has 5 nitrogen and oxygen atoms in total. The largest absolute Gasteiger partial charge is 0.387 e. The predicted molar refractivity (Wildman–Crippen MR) is 122 cm³/mol. The van der Waals surface area contributed by atoms with Crippen molar-refractivity contribution in [1.82, 2.24) is 0 Å². The lowest BCUT2D eigenvalue weighted by Gasteiger charge is -2.36. The van der Waals surface area contributed by atoms with Crippen molar-refractivity contribution in [3.8, 4) is 6.07 Å². The summed E-state index contributed by atoms with van der Waals surface area (Å²) in [5.74, 6) is 0.523. The van der Waals surface area contributed by atoms with Gasteiger partial charge in [0, 0.05) is 22.8 Å². The lowest BCUT2D eigenvalue weighted by atomic mass is 9.71. The summed E-state index contributed by atoms with van der Waals surface area (Å²) in [5, 5.41) is 9.44. The second-order valence-electron chi connectivity index (χ2n) is 9.70. The lowest BCUT2D eigenvalue weighted by Crippen LogP contribution is -2.32. The average Bonchev–Trinajstić information content (AvgIpc) is 3.73. The van der Waals surface area contributed by atoms with Crippen LogP contribution < -0.4 is 5.73 Å². The van der Waals surface area contributed by atoms with Crippen LogP contribution in [0.25, 0.3) is 0 Å². The molecule has 0 spiro atoms. The third kappa shape index (κ3) is 3.01. The first-order valence-electron chi connectivity index (χ1n) is 11.4. The second-order valence-corrected chi connectivity index (χ2v) is 9.70. The van der Waals surface area contributed by atoms with Crippen molar-refractivity contribution in [3.63, 3.8) is 0 Å². The molecule has 5 rings (SSSR count). The number of fused-ring (bicyclic) bond motifs is 1. The van der Waals surface area contributed by atoms with Crippen LogP contribution in [0.4, 0.5) is 0 Å². The fourth-order valence-electron chi connectivity index (χ4n) is 5.59. The number of Topliss-reactive ketones (excluding diaryl/α,β-unsaturated/α-hetero) is 2. The molecule has 2 N–H and O–H groups in total. The Morgan fingerprint density at radius 2 is 1.94 bits per heavy atom. The normalized spacial score (nSPS) is 31.2. The molecule has 2 aromatic rings. The average molecular weight is 426 g/mol. The van der Waals surface area contributed by atoms with Crippen molar-refractivity contribution < 1.29 is 9.59 Å². The fourth-order valence-corrected chi connectivity index (χ4v) is 5.59. The number of hydrogen-bond acceptors (Lipinski definition) is 5. The molecule has 162 valence electrons. The van der Waals surface area contributed by atoms with Crippen molar-refractivity contribution in [2.45, 2.75) is 51.0 Å². The number of nitrogens with zero attached hydrogens (tertiary/aromatic N) is 2. The second kappa shape index (κ2) is 7.13. The maximum atomic E-state index is 12.8. The van der Waals surface area contributed by atoms with E-state index in [-0.39, 0.29) is 29.3 Å². The third-order valence-electron chi connectivity index (χ3n) is 7.88. The zero-order valence-electron chi connectivity index (χ0n) is 18.5. The van der Waals surface area contributed by atoms with Gasteiger partial charge in [0.1, 0.15) is 5.84 Å². The standard InChI is InChI=1S/C27H27N3O2/c1-3-27-14-21(17-7-9-18(10-8-17)23(31)19-11-12-19)26(2,30-25(29)22(27)24(27)32)20-6-4-5-16(13-20)15-28/h4-10,13,19,21-22H,3,11-12,14H2,1-2H3,(H2,29,30)/t21-,22?,26-,27?/m1/s1. The first-order chi connectivity index (χ1) is 15.3. The van der Waals surface area contributed by atoms with Crippen molar-refractivity contribution in [3.05, 3.63) is 70.8 Å². The number of hydrogen-bond donors (Lipinski definition) is 1. The van der Waals surface area contributed by atoms with Gasteiger partial charge in [-0.05, 0) is 55.9 Å². The summed E-state index contributed by atoms with van der Waals surface area (Å²) >= 11 is 0. The summed E-state index contributed by atoms with van der Waals surface area (Å²) in [4.78, 5) is 30.3. The zero-order valence-corrected chi connectivity index (χ0v) is 18.5. The van der Waals surface area contributed by atoms with E-state index >= 15 is 0 Å². The van der Waals surface area contributed by atoms with E-state index in [4.69, 9.17) is 10.7 Å². The van der Waals surface area contributed by atoms with Gasteiger partial charge in [-0.3, -0.25) is 14.6 Å². The van der Waals surface area contributed by atoms with E-state index in [1.165, 1.54) is 0 Å².